The van der Waals surface area contributed by atoms with Crippen LogP contribution in [-0.2, 0) is 9.47 Å². The van der Waals surface area contributed by atoms with E-state index in [2.05, 4.69) is 12.8 Å². The number of rotatable bonds is 6. The molecule has 0 aromatic carbocycles. The van der Waals surface area contributed by atoms with Crippen LogP contribution in [0.4, 0.5) is 0 Å². The number of hydrogen-bond acceptors (Lipinski definition) is 2. The van der Waals surface area contributed by atoms with Crippen molar-refractivity contribution in [3.05, 3.63) is 0 Å². The molecule has 1 aliphatic rings. The van der Waals surface area contributed by atoms with Crippen molar-refractivity contribution in [1.29, 1.82) is 0 Å². The van der Waals surface area contributed by atoms with Crippen LogP contribution in [0.1, 0.15) is 39.0 Å². The third-order valence-corrected chi connectivity index (χ3v) is 2.89. The number of hydrogen-bond donors (Lipinski definition) is 0. The lowest BCUT2D eigenvalue weighted by Crippen LogP contribution is -2.24. The van der Waals surface area contributed by atoms with Gasteiger partial charge in [0.05, 0.1) is 12.7 Å². The second kappa shape index (κ2) is 7.73. The van der Waals surface area contributed by atoms with E-state index in [1.807, 2.05) is 0 Å². The SMILES string of the molecule is C#CCOCC1CCC(OCCC)CC1. The summed E-state index contributed by atoms with van der Waals surface area (Å²) in [7, 11) is 0. The summed E-state index contributed by atoms with van der Waals surface area (Å²) in [6.45, 7) is 4.33. The molecule has 2 heteroatoms. The van der Waals surface area contributed by atoms with E-state index in [0.717, 1.165) is 19.6 Å². The molecular formula is C13H22O2. The molecular weight excluding hydrogens is 188 g/mol. The van der Waals surface area contributed by atoms with Crippen LogP contribution in [0.3, 0.4) is 0 Å². The van der Waals surface area contributed by atoms with Gasteiger partial charge in [-0.15, -0.1) is 6.42 Å². The van der Waals surface area contributed by atoms with Gasteiger partial charge in [-0.25, -0.2) is 0 Å². The van der Waals surface area contributed by atoms with Crippen LogP contribution in [0.2, 0.25) is 0 Å². The Morgan fingerprint density at radius 1 is 1.27 bits per heavy atom. The van der Waals surface area contributed by atoms with Crippen LogP contribution in [0.15, 0.2) is 0 Å². The van der Waals surface area contributed by atoms with Crippen LogP contribution in [0.25, 0.3) is 0 Å². The summed E-state index contributed by atoms with van der Waals surface area (Å²) in [4.78, 5) is 0. The van der Waals surface area contributed by atoms with E-state index < -0.39 is 0 Å². The molecule has 0 radical (unpaired) electrons. The summed E-state index contributed by atoms with van der Waals surface area (Å²) in [6.07, 6.45) is 11.5. The molecule has 0 unspecified atom stereocenters. The van der Waals surface area contributed by atoms with Gasteiger partial charge in [-0.1, -0.05) is 12.8 Å². The van der Waals surface area contributed by atoms with Gasteiger partial charge < -0.3 is 9.47 Å². The first kappa shape index (κ1) is 12.5. The molecule has 0 atom stereocenters. The fraction of sp³-hybridized carbons (Fsp3) is 0.846. The zero-order chi connectivity index (χ0) is 10.9. The van der Waals surface area contributed by atoms with Gasteiger partial charge in [0.25, 0.3) is 0 Å². The van der Waals surface area contributed by atoms with Gasteiger partial charge in [-0.2, -0.15) is 0 Å². The fourth-order valence-electron chi connectivity index (χ4n) is 2.03. The van der Waals surface area contributed by atoms with Crippen LogP contribution in [0.5, 0.6) is 0 Å². The van der Waals surface area contributed by atoms with Gasteiger partial charge in [0, 0.05) is 6.61 Å². The molecule has 15 heavy (non-hydrogen) atoms. The summed E-state index contributed by atoms with van der Waals surface area (Å²) in [5.41, 5.74) is 0. The van der Waals surface area contributed by atoms with Crippen molar-refractivity contribution in [3.8, 4) is 12.3 Å². The lowest BCUT2D eigenvalue weighted by Gasteiger charge is -2.28. The third kappa shape index (κ3) is 5.20. The third-order valence-electron chi connectivity index (χ3n) is 2.89. The fourth-order valence-corrected chi connectivity index (χ4v) is 2.03. The van der Waals surface area contributed by atoms with Gasteiger partial charge in [0.1, 0.15) is 6.61 Å². The van der Waals surface area contributed by atoms with Crippen molar-refractivity contribution in [2.45, 2.75) is 45.1 Å². The first-order chi connectivity index (χ1) is 7.36. The molecule has 0 saturated heterocycles. The highest BCUT2D eigenvalue weighted by Gasteiger charge is 2.21. The van der Waals surface area contributed by atoms with Gasteiger partial charge >= 0.3 is 0 Å². The van der Waals surface area contributed by atoms with Crippen molar-refractivity contribution in [2.24, 2.45) is 5.92 Å². The van der Waals surface area contributed by atoms with E-state index in [4.69, 9.17) is 15.9 Å². The van der Waals surface area contributed by atoms with Crippen molar-refractivity contribution >= 4 is 0 Å². The average Bonchev–Trinajstić information content (AvgIpc) is 2.28. The Hall–Kier alpha value is -0.520. The van der Waals surface area contributed by atoms with Crippen molar-refractivity contribution in [3.63, 3.8) is 0 Å². The second-order valence-electron chi connectivity index (χ2n) is 4.23. The molecule has 0 aromatic heterocycles. The monoisotopic (exact) mass is 210 g/mol. The highest BCUT2D eigenvalue weighted by molar-refractivity contribution is 4.83. The maximum Gasteiger partial charge on any atom is 0.107 e. The molecule has 1 saturated carbocycles. The van der Waals surface area contributed by atoms with E-state index in [-0.39, 0.29) is 0 Å². The highest BCUT2D eigenvalue weighted by atomic mass is 16.5. The Morgan fingerprint density at radius 3 is 2.60 bits per heavy atom. The quantitative estimate of drug-likeness (QED) is 0.495. The van der Waals surface area contributed by atoms with Crippen molar-refractivity contribution < 1.29 is 9.47 Å². The number of ether oxygens (including phenoxy) is 2. The predicted molar refractivity (Wildman–Crippen MR) is 61.6 cm³/mol. The Labute approximate surface area is 93.3 Å². The Balaban J connectivity index is 2.05. The predicted octanol–water partition coefficient (Wildman–Crippen LogP) is 2.62. The molecule has 0 heterocycles. The molecule has 0 aliphatic heterocycles. The highest BCUT2D eigenvalue weighted by Crippen LogP contribution is 2.26. The van der Waals surface area contributed by atoms with E-state index in [1.165, 1.54) is 25.7 Å². The summed E-state index contributed by atoms with van der Waals surface area (Å²) in [6, 6.07) is 0. The van der Waals surface area contributed by atoms with Crippen molar-refractivity contribution in [1.82, 2.24) is 0 Å². The molecule has 2 nitrogen and oxygen atoms in total. The Bertz CT molecular complexity index is 187. The lowest BCUT2D eigenvalue weighted by atomic mass is 9.88. The van der Waals surface area contributed by atoms with Crippen LogP contribution >= 0.6 is 0 Å². The van der Waals surface area contributed by atoms with E-state index in [0.29, 0.717) is 18.6 Å². The van der Waals surface area contributed by atoms with Crippen molar-refractivity contribution in [2.75, 3.05) is 19.8 Å². The molecule has 0 aromatic rings. The van der Waals surface area contributed by atoms with Gasteiger partial charge in [-0.3, -0.25) is 0 Å². The maximum absolute atomic E-state index is 5.73. The minimum absolute atomic E-state index is 0.451. The molecule has 86 valence electrons. The minimum atomic E-state index is 0.451. The zero-order valence-electron chi connectivity index (χ0n) is 9.71. The largest absolute Gasteiger partial charge is 0.378 e. The summed E-state index contributed by atoms with van der Waals surface area (Å²) in [5, 5.41) is 0. The molecule has 0 N–H and O–H groups in total. The maximum atomic E-state index is 5.73. The number of terminal acetylenes is 1. The zero-order valence-corrected chi connectivity index (χ0v) is 9.71. The molecule has 0 amide bonds. The smallest absolute Gasteiger partial charge is 0.107 e. The van der Waals surface area contributed by atoms with Gasteiger partial charge in [0.2, 0.25) is 0 Å². The minimum Gasteiger partial charge on any atom is -0.378 e. The summed E-state index contributed by atoms with van der Waals surface area (Å²) in [5.74, 6) is 3.19. The normalized spacial score (nSPS) is 26.1. The van der Waals surface area contributed by atoms with Crippen LogP contribution in [0, 0.1) is 18.3 Å². The van der Waals surface area contributed by atoms with E-state index >= 15 is 0 Å². The Morgan fingerprint density at radius 2 is 2.00 bits per heavy atom. The summed E-state index contributed by atoms with van der Waals surface area (Å²) < 4.78 is 11.1. The first-order valence-electron chi connectivity index (χ1n) is 5.99. The molecule has 0 spiro atoms. The molecule has 1 rings (SSSR count). The van der Waals surface area contributed by atoms with E-state index in [1.54, 1.807) is 0 Å². The van der Waals surface area contributed by atoms with Gasteiger partial charge in [-0.05, 0) is 38.0 Å². The average molecular weight is 210 g/mol. The second-order valence-corrected chi connectivity index (χ2v) is 4.23. The van der Waals surface area contributed by atoms with Crippen LogP contribution < -0.4 is 0 Å². The first-order valence-corrected chi connectivity index (χ1v) is 5.99. The summed E-state index contributed by atoms with van der Waals surface area (Å²) >= 11 is 0. The van der Waals surface area contributed by atoms with Gasteiger partial charge in [0.15, 0.2) is 0 Å². The topological polar surface area (TPSA) is 18.5 Å². The molecule has 0 bridgehead atoms. The molecule has 1 fully saturated rings. The Kier molecular flexibility index (Phi) is 6.47. The molecule has 1 aliphatic carbocycles. The lowest BCUT2D eigenvalue weighted by molar-refractivity contribution is 0.00566. The van der Waals surface area contributed by atoms with Crippen LogP contribution in [-0.4, -0.2) is 25.9 Å². The standard InChI is InChI=1S/C13H22O2/c1-3-9-14-11-12-5-7-13(8-6-12)15-10-4-2/h1,12-13H,4-11H2,2H3. The van der Waals surface area contributed by atoms with E-state index in [9.17, 15) is 0 Å².